The summed E-state index contributed by atoms with van der Waals surface area (Å²) in [5.74, 6) is 0. The average Bonchev–Trinajstić information content (AvgIpc) is 1.66. The van der Waals surface area contributed by atoms with Gasteiger partial charge in [0.2, 0.25) is 0 Å². The standard InChI is InChI=1S/C4H6F2NO/c1-2-7-8-3-4(5)6/h2,4H,1,3H2. The van der Waals surface area contributed by atoms with E-state index in [4.69, 9.17) is 0 Å². The summed E-state index contributed by atoms with van der Waals surface area (Å²) in [6.45, 7) is 2.46. The molecular formula is C4H6F2NO. The van der Waals surface area contributed by atoms with Crippen molar-refractivity contribution in [2.24, 2.45) is 5.16 Å². The van der Waals surface area contributed by atoms with Gasteiger partial charge in [-0.2, -0.15) is 0 Å². The van der Waals surface area contributed by atoms with Gasteiger partial charge < -0.3 is 4.84 Å². The van der Waals surface area contributed by atoms with Gasteiger partial charge >= 0.3 is 0 Å². The molecule has 0 aromatic carbocycles. The van der Waals surface area contributed by atoms with Crippen LogP contribution in [0.1, 0.15) is 0 Å². The number of alkyl halides is 2. The zero-order valence-electron chi connectivity index (χ0n) is 4.18. The van der Waals surface area contributed by atoms with E-state index in [-0.39, 0.29) is 0 Å². The Kier molecular flexibility index (Phi) is 4.11. The van der Waals surface area contributed by atoms with E-state index in [9.17, 15) is 8.78 Å². The van der Waals surface area contributed by atoms with Crippen molar-refractivity contribution in [3.8, 4) is 0 Å². The number of halogens is 2. The summed E-state index contributed by atoms with van der Waals surface area (Å²) < 4.78 is 22.3. The summed E-state index contributed by atoms with van der Waals surface area (Å²) in [6.07, 6.45) is -1.40. The molecule has 0 unspecified atom stereocenters. The van der Waals surface area contributed by atoms with Crippen molar-refractivity contribution in [2.75, 3.05) is 6.61 Å². The van der Waals surface area contributed by atoms with Crippen LogP contribution in [0.25, 0.3) is 0 Å². The van der Waals surface area contributed by atoms with E-state index in [0.717, 1.165) is 6.21 Å². The minimum Gasteiger partial charge on any atom is -0.390 e. The van der Waals surface area contributed by atoms with E-state index in [1.54, 1.807) is 0 Å². The topological polar surface area (TPSA) is 21.6 Å². The van der Waals surface area contributed by atoms with Crippen molar-refractivity contribution >= 4 is 6.21 Å². The molecule has 0 spiro atoms. The maximum absolute atomic E-state index is 11.1. The highest BCUT2D eigenvalue weighted by Gasteiger charge is 1.99. The number of rotatable bonds is 3. The number of oxime groups is 1. The molecule has 0 aromatic heterocycles. The first kappa shape index (κ1) is 7.33. The van der Waals surface area contributed by atoms with E-state index < -0.39 is 13.0 Å². The molecule has 4 heteroatoms. The fourth-order valence-electron chi connectivity index (χ4n) is 0.152. The second-order valence-electron chi connectivity index (χ2n) is 0.975. The molecule has 0 heterocycles. The van der Waals surface area contributed by atoms with Gasteiger partial charge in [0.15, 0.2) is 6.61 Å². The lowest BCUT2D eigenvalue weighted by atomic mass is 10.8. The SMILES string of the molecule is [CH2]C=NOCC(F)F. The monoisotopic (exact) mass is 122 g/mol. The van der Waals surface area contributed by atoms with Crippen LogP contribution in [0.5, 0.6) is 0 Å². The first-order valence-electron chi connectivity index (χ1n) is 1.98. The van der Waals surface area contributed by atoms with E-state index in [2.05, 4.69) is 16.9 Å². The van der Waals surface area contributed by atoms with Gasteiger partial charge in [-0.1, -0.05) is 5.16 Å². The Balaban J connectivity index is 2.93. The lowest BCUT2D eigenvalue weighted by Crippen LogP contribution is -1.99. The fraction of sp³-hybridized carbons (Fsp3) is 0.500. The summed E-state index contributed by atoms with van der Waals surface area (Å²) in [5.41, 5.74) is 0. The Hall–Kier alpha value is -0.670. The molecular weight excluding hydrogens is 116 g/mol. The van der Waals surface area contributed by atoms with Crippen molar-refractivity contribution < 1.29 is 13.6 Å². The van der Waals surface area contributed by atoms with Gasteiger partial charge in [-0.05, 0) is 6.92 Å². The van der Waals surface area contributed by atoms with Crippen molar-refractivity contribution in [2.45, 2.75) is 6.43 Å². The molecule has 0 amide bonds. The summed E-state index contributed by atoms with van der Waals surface area (Å²) in [5, 5.41) is 3.00. The van der Waals surface area contributed by atoms with E-state index in [1.807, 2.05) is 0 Å². The second kappa shape index (κ2) is 4.49. The molecule has 0 N–H and O–H groups in total. The molecule has 0 aliphatic heterocycles. The van der Waals surface area contributed by atoms with Crippen LogP contribution in [0.15, 0.2) is 5.16 Å². The summed E-state index contributed by atoms with van der Waals surface area (Å²) >= 11 is 0. The Bertz CT molecular complexity index is 74.4. The third kappa shape index (κ3) is 5.33. The van der Waals surface area contributed by atoms with Crippen LogP contribution in [0.4, 0.5) is 8.78 Å². The van der Waals surface area contributed by atoms with Crippen LogP contribution in [0.2, 0.25) is 0 Å². The molecule has 0 rings (SSSR count). The highest BCUT2D eigenvalue weighted by Crippen LogP contribution is 1.91. The Morgan fingerprint density at radius 2 is 2.38 bits per heavy atom. The third-order valence-electron chi connectivity index (χ3n) is 0.350. The van der Waals surface area contributed by atoms with E-state index in [0.29, 0.717) is 0 Å². The highest BCUT2D eigenvalue weighted by molar-refractivity contribution is 5.60. The molecule has 0 aliphatic carbocycles. The second-order valence-corrected chi connectivity index (χ2v) is 0.975. The van der Waals surface area contributed by atoms with Crippen LogP contribution >= 0.6 is 0 Å². The Morgan fingerprint density at radius 3 is 2.75 bits per heavy atom. The highest BCUT2D eigenvalue weighted by atomic mass is 19.3. The van der Waals surface area contributed by atoms with Gasteiger partial charge in [-0.3, -0.25) is 0 Å². The van der Waals surface area contributed by atoms with Crippen molar-refractivity contribution in [1.82, 2.24) is 0 Å². The van der Waals surface area contributed by atoms with Crippen molar-refractivity contribution in [1.29, 1.82) is 0 Å². The summed E-state index contributed by atoms with van der Waals surface area (Å²) in [7, 11) is 0. The van der Waals surface area contributed by atoms with Crippen molar-refractivity contribution in [3.05, 3.63) is 6.92 Å². The predicted octanol–water partition coefficient (Wildman–Crippen LogP) is 1.09. The quantitative estimate of drug-likeness (QED) is 0.405. The number of nitrogens with zero attached hydrogens (tertiary/aromatic N) is 1. The molecule has 0 aliphatic rings. The smallest absolute Gasteiger partial charge is 0.274 e. The molecule has 0 saturated carbocycles. The summed E-state index contributed by atoms with van der Waals surface area (Å²) in [4.78, 5) is 4.00. The van der Waals surface area contributed by atoms with Crippen LogP contribution < -0.4 is 0 Å². The molecule has 0 bridgehead atoms. The van der Waals surface area contributed by atoms with Crippen LogP contribution in [-0.4, -0.2) is 19.2 Å². The maximum Gasteiger partial charge on any atom is 0.274 e. The first-order chi connectivity index (χ1) is 3.77. The van der Waals surface area contributed by atoms with E-state index in [1.165, 1.54) is 0 Å². The fourth-order valence-corrected chi connectivity index (χ4v) is 0.152. The number of hydrogen-bond donors (Lipinski definition) is 0. The van der Waals surface area contributed by atoms with Gasteiger partial charge in [-0.25, -0.2) is 8.78 Å². The van der Waals surface area contributed by atoms with Gasteiger partial charge in [0, 0.05) is 6.21 Å². The molecule has 47 valence electrons. The zero-order valence-corrected chi connectivity index (χ0v) is 4.18. The Morgan fingerprint density at radius 1 is 1.75 bits per heavy atom. The van der Waals surface area contributed by atoms with E-state index >= 15 is 0 Å². The minimum absolute atomic E-state index is 0.661. The average molecular weight is 122 g/mol. The molecule has 0 aromatic rings. The molecule has 0 saturated heterocycles. The van der Waals surface area contributed by atoms with Gasteiger partial charge in [-0.15, -0.1) is 0 Å². The summed E-state index contributed by atoms with van der Waals surface area (Å²) in [6, 6.07) is 0. The lowest BCUT2D eigenvalue weighted by molar-refractivity contribution is 0.0209. The largest absolute Gasteiger partial charge is 0.390 e. The molecule has 1 radical (unpaired) electrons. The number of hydrogen-bond acceptors (Lipinski definition) is 2. The van der Waals surface area contributed by atoms with Gasteiger partial charge in [0.25, 0.3) is 6.43 Å². The zero-order chi connectivity index (χ0) is 6.41. The molecule has 8 heavy (non-hydrogen) atoms. The van der Waals surface area contributed by atoms with Gasteiger partial charge in [0.05, 0.1) is 0 Å². The normalized spacial score (nSPS) is 11.0. The Labute approximate surface area is 46.1 Å². The maximum atomic E-state index is 11.1. The lowest BCUT2D eigenvalue weighted by Gasteiger charge is -1.93. The first-order valence-corrected chi connectivity index (χ1v) is 1.98. The molecule has 2 nitrogen and oxygen atoms in total. The van der Waals surface area contributed by atoms with Gasteiger partial charge in [0.1, 0.15) is 0 Å². The van der Waals surface area contributed by atoms with Crippen LogP contribution in [0, 0.1) is 6.92 Å². The van der Waals surface area contributed by atoms with Crippen LogP contribution in [-0.2, 0) is 4.84 Å². The molecule has 0 atom stereocenters. The van der Waals surface area contributed by atoms with Crippen LogP contribution in [0.3, 0.4) is 0 Å². The minimum atomic E-state index is -2.46. The predicted molar refractivity (Wildman–Crippen MR) is 25.8 cm³/mol. The third-order valence-corrected chi connectivity index (χ3v) is 0.350. The van der Waals surface area contributed by atoms with Crippen molar-refractivity contribution in [3.63, 3.8) is 0 Å². The molecule has 0 fully saturated rings.